The summed E-state index contributed by atoms with van der Waals surface area (Å²) in [6.45, 7) is 8.86. The van der Waals surface area contributed by atoms with Gasteiger partial charge in [0.2, 0.25) is 5.91 Å². The molecule has 0 bridgehead atoms. The first-order valence-electron chi connectivity index (χ1n) is 7.67. The van der Waals surface area contributed by atoms with Gasteiger partial charge in [0.1, 0.15) is 0 Å². The van der Waals surface area contributed by atoms with E-state index < -0.39 is 5.41 Å². The smallest absolute Gasteiger partial charge is 0.234 e. The van der Waals surface area contributed by atoms with E-state index in [9.17, 15) is 4.79 Å². The molecule has 0 radical (unpaired) electrons. The summed E-state index contributed by atoms with van der Waals surface area (Å²) >= 11 is 0. The highest BCUT2D eigenvalue weighted by atomic mass is 16.5. The standard InChI is InChI=1S/C17H24N2O2/c1-9-10(2)15-12(17(3,4)16(20)19-15)8-11(9)14(18)13-6-5-7-21-13/h8,13-14H,5-7,18H2,1-4H3,(H,19,20). The molecule has 114 valence electrons. The van der Waals surface area contributed by atoms with E-state index in [2.05, 4.69) is 25.2 Å². The third-order valence-electron chi connectivity index (χ3n) is 5.14. The lowest BCUT2D eigenvalue weighted by atomic mass is 9.81. The lowest BCUT2D eigenvalue weighted by Crippen LogP contribution is -2.28. The molecule has 4 heteroatoms. The number of carbonyl (C=O) groups excluding carboxylic acids is 1. The van der Waals surface area contributed by atoms with Crippen molar-refractivity contribution in [3.8, 4) is 0 Å². The van der Waals surface area contributed by atoms with Crippen LogP contribution in [0.1, 0.15) is 55.0 Å². The van der Waals surface area contributed by atoms with Gasteiger partial charge < -0.3 is 15.8 Å². The molecular weight excluding hydrogens is 264 g/mol. The highest BCUT2D eigenvalue weighted by molar-refractivity contribution is 6.06. The first-order valence-corrected chi connectivity index (χ1v) is 7.67. The van der Waals surface area contributed by atoms with E-state index in [1.54, 1.807) is 0 Å². The summed E-state index contributed by atoms with van der Waals surface area (Å²) in [5.41, 5.74) is 11.4. The number of nitrogens with one attached hydrogen (secondary N) is 1. The summed E-state index contributed by atoms with van der Waals surface area (Å²) in [5, 5.41) is 3.02. The zero-order valence-corrected chi connectivity index (χ0v) is 13.2. The van der Waals surface area contributed by atoms with Crippen LogP contribution in [0, 0.1) is 13.8 Å². The third-order valence-corrected chi connectivity index (χ3v) is 5.14. The monoisotopic (exact) mass is 288 g/mol. The van der Waals surface area contributed by atoms with Crippen LogP contribution >= 0.6 is 0 Å². The Kier molecular flexibility index (Phi) is 3.34. The maximum absolute atomic E-state index is 12.2. The lowest BCUT2D eigenvalue weighted by Gasteiger charge is -2.25. The van der Waals surface area contributed by atoms with E-state index in [1.165, 1.54) is 0 Å². The fourth-order valence-corrected chi connectivity index (χ4v) is 3.42. The molecule has 0 saturated carbocycles. The van der Waals surface area contributed by atoms with E-state index in [1.807, 2.05) is 13.8 Å². The van der Waals surface area contributed by atoms with Crippen molar-refractivity contribution in [3.05, 3.63) is 28.3 Å². The van der Waals surface area contributed by atoms with Gasteiger partial charge in [0.05, 0.1) is 17.6 Å². The molecule has 1 aromatic rings. The Labute approximate surface area is 126 Å². The molecule has 2 aliphatic heterocycles. The molecule has 2 aliphatic rings. The van der Waals surface area contributed by atoms with Crippen molar-refractivity contribution in [2.75, 3.05) is 11.9 Å². The normalized spacial score (nSPS) is 24.8. The predicted octanol–water partition coefficient (Wildman–Crippen LogP) is 2.71. The second-order valence-corrected chi connectivity index (χ2v) is 6.79. The van der Waals surface area contributed by atoms with Gasteiger partial charge in [0.15, 0.2) is 0 Å². The summed E-state index contributed by atoms with van der Waals surface area (Å²) in [7, 11) is 0. The molecule has 3 N–H and O–H groups in total. The van der Waals surface area contributed by atoms with Crippen LogP contribution in [-0.2, 0) is 14.9 Å². The first-order chi connectivity index (χ1) is 9.84. The molecule has 1 aromatic carbocycles. The molecular formula is C17H24N2O2. The van der Waals surface area contributed by atoms with Crippen molar-refractivity contribution in [2.24, 2.45) is 5.73 Å². The largest absolute Gasteiger partial charge is 0.376 e. The fourth-order valence-electron chi connectivity index (χ4n) is 3.42. The second kappa shape index (κ2) is 4.82. The second-order valence-electron chi connectivity index (χ2n) is 6.79. The number of anilines is 1. The number of ether oxygens (including phenoxy) is 1. The number of hydrogen-bond acceptors (Lipinski definition) is 3. The number of fused-ring (bicyclic) bond motifs is 1. The van der Waals surface area contributed by atoms with Crippen molar-refractivity contribution in [1.29, 1.82) is 0 Å². The highest BCUT2D eigenvalue weighted by Gasteiger charge is 2.40. The minimum Gasteiger partial charge on any atom is -0.376 e. The Morgan fingerprint density at radius 1 is 1.38 bits per heavy atom. The van der Waals surface area contributed by atoms with Crippen LogP contribution in [-0.4, -0.2) is 18.6 Å². The van der Waals surface area contributed by atoms with Gasteiger partial charge in [-0.2, -0.15) is 0 Å². The van der Waals surface area contributed by atoms with Crippen molar-refractivity contribution < 1.29 is 9.53 Å². The molecule has 2 unspecified atom stereocenters. The summed E-state index contributed by atoms with van der Waals surface area (Å²) < 4.78 is 5.75. The number of nitrogens with two attached hydrogens (primary N) is 1. The summed E-state index contributed by atoms with van der Waals surface area (Å²) in [4.78, 5) is 12.2. The molecule has 0 aromatic heterocycles. The molecule has 0 spiro atoms. The van der Waals surface area contributed by atoms with Gasteiger partial charge >= 0.3 is 0 Å². The Balaban J connectivity index is 2.09. The summed E-state index contributed by atoms with van der Waals surface area (Å²) in [5.74, 6) is 0.0582. The molecule has 1 saturated heterocycles. The van der Waals surface area contributed by atoms with E-state index in [-0.39, 0.29) is 18.1 Å². The zero-order valence-electron chi connectivity index (χ0n) is 13.2. The Morgan fingerprint density at radius 2 is 2.10 bits per heavy atom. The van der Waals surface area contributed by atoms with Gasteiger partial charge in [0, 0.05) is 12.3 Å². The topological polar surface area (TPSA) is 64.3 Å². The average Bonchev–Trinajstić information content (AvgIpc) is 3.03. The molecule has 2 heterocycles. The van der Waals surface area contributed by atoms with Gasteiger partial charge in [-0.15, -0.1) is 0 Å². The summed E-state index contributed by atoms with van der Waals surface area (Å²) in [6, 6.07) is 1.99. The number of rotatable bonds is 2. The molecule has 3 rings (SSSR count). The maximum atomic E-state index is 12.2. The van der Waals surface area contributed by atoms with Crippen LogP contribution in [0.2, 0.25) is 0 Å². The minimum atomic E-state index is -0.501. The fraction of sp³-hybridized carbons (Fsp3) is 0.588. The van der Waals surface area contributed by atoms with E-state index in [0.717, 1.165) is 47.4 Å². The Bertz CT molecular complexity index is 601. The predicted molar refractivity (Wildman–Crippen MR) is 83.5 cm³/mol. The lowest BCUT2D eigenvalue weighted by molar-refractivity contribution is -0.119. The van der Waals surface area contributed by atoms with Crippen molar-refractivity contribution in [1.82, 2.24) is 0 Å². The maximum Gasteiger partial charge on any atom is 0.234 e. The highest BCUT2D eigenvalue weighted by Crippen LogP contribution is 2.43. The summed E-state index contributed by atoms with van der Waals surface area (Å²) in [6.07, 6.45) is 2.18. The van der Waals surface area contributed by atoms with Crippen molar-refractivity contribution in [2.45, 2.75) is 58.1 Å². The van der Waals surface area contributed by atoms with E-state index >= 15 is 0 Å². The number of hydrogen-bond donors (Lipinski definition) is 2. The quantitative estimate of drug-likeness (QED) is 0.879. The molecule has 21 heavy (non-hydrogen) atoms. The number of carbonyl (C=O) groups is 1. The molecule has 1 fully saturated rings. The van der Waals surface area contributed by atoms with Gasteiger partial charge in [0.25, 0.3) is 0 Å². The van der Waals surface area contributed by atoms with Crippen LogP contribution in [0.3, 0.4) is 0 Å². The Hall–Kier alpha value is -1.39. The zero-order chi connectivity index (χ0) is 15.4. The minimum absolute atomic E-state index is 0.0582. The molecule has 4 nitrogen and oxygen atoms in total. The SMILES string of the molecule is Cc1c(C(N)C2CCCO2)cc2c(c1C)NC(=O)C2(C)C. The van der Waals surface area contributed by atoms with Crippen molar-refractivity contribution in [3.63, 3.8) is 0 Å². The third kappa shape index (κ3) is 2.09. The Morgan fingerprint density at radius 3 is 2.71 bits per heavy atom. The van der Waals surface area contributed by atoms with Crippen LogP contribution in [0.25, 0.3) is 0 Å². The molecule has 1 amide bonds. The van der Waals surface area contributed by atoms with Gasteiger partial charge in [-0.3, -0.25) is 4.79 Å². The number of benzene rings is 1. The first kappa shape index (κ1) is 14.5. The van der Waals surface area contributed by atoms with Crippen LogP contribution < -0.4 is 11.1 Å². The molecule has 2 atom stereocenters. The molecule has 0 aliphatic carbocycles. The van der Waals surface area contributed by atoms with E-state index in [4.69, 9.17) is 10.5 Å². The number of amides is 1. The van der Waals surface area contributed by atoms with Crippen LogP contribution in [0.15, 0.2) is 6.07 Å². The van der Waals surface area contributed by atoms with Crippen molar-refractivity contribution >= 4 is 11.6 Å². The van der Waals surface area contributed by atoms with Crippen LogP contribution in [0.5, 0.6) is 0 Å². The van der Waals surface area contributed by atoms with Gasteiger partial charge in [-0.05, 0) is 62.8 Å². The van der Waals surface area contributed by atoms with E-state index in [0.29, 0.717) is 0 Å². The van der Waals surface area contributed by atoms with Crippen LogP contribution in [0.4, 0.5) is 5.69 Å². The van der Waals surface area contributed by atoms with Gasteiger partial charge in [-0.25, -0.2) is 0 Å². The van der Waals surface area contributed by atoms with Gasteiger partial charge in [-0.1, -0.05) is 6.07 Å². The average molecular weight is 288 g/mol.